The molecule has 194 valence electrons. The van der Waals surface area contributed by atoms with Crippen molar-refractivity contribution in [2.24, 2.45) is 5.41 Å². The van der Waals surface area contributed by atoms with E-state index in [-0.39, 0.29) is 5.41 Å². The van der Waals surface area contributed by atoms with Crippen molar-refractivity contribution in [1.29, 1.82) is 0 Å². The molecule has 1 saturated heterocycles. The minimum Gasteiger partial charge on any atom is -0.547 e. The number of rotatable bonds is 8. The highest BCUT2D eigenvalue weighted by molar-refractivity contribution is 5.79. The Labute approximate surface area is 205 Å². The summed E-state index contributed by atoms with van der Waals surface area (Å²) in [5.74, 6) is -2.96. The third kappa shape index (κ3) is 7.46. The summed E-state index contributed by atoms with van der Waals surface area (Å²) in [6, 6.07) is 0. The molecule has 9 nitrogen and oxygen atoms in total. The molecule has 2 aliphatic rings. The molecule has 1 aliphatic carbocycles. The molecular weight excluding hydrogens is 456 g/mol. The SMILES string of the molecule is CC1=C(/C=C/C(C)=C/C=C/C(C)=C/C(=O)[O-])C(C)(C)CCC1O[C@@H]1O[C@H](C(=O)[O-])[C@@H](O)[C@H](O)[C@H]1O. The molecule has 0 aromatic heterocycles. The predicted molar refractivity (Wildman–Crippen MR) is 123 cm³/mol. The van der Waals surface area contributed by atoms with Gasteiger partial charge in [0.05, 0.1) is 18.0 Å². The van der Waals surface area contributed by atoms with Crippen LogP contribution in [0.25, 0.3) is 0 Å². The van der Waals surface area contributed by atoms with Gasteiger partial charge in [0.15, 0.2) is 6.29 Å². The van der Waals surface area contributed by atoms with Crippen molar-refractivity contribution >= 4 is 11.9 Å². The van der Waals surface area contributed by atoms with E-state index in [0.29, 0.717) is 12.0 Å². The minimum absolute atomic E-state index is 0.181. The van der Waals surface area contributed by atoms with Crippen molar-refractivity contribution in [2.75, 3.05) is 0 Å². The molecule has 1 fully saturated rings. The summed E-state index contributed by atoms with van der Waals surface area (Å²) in [5, 5.41) is 52.0. The maximum atomic E-state index is 11.3. The molecule has 1 unspecified atom stereocenters. The van der Waals surface area contributed by atoms with Crippen molar-refractivity contribution in [1.82, 2.24) is 0 Å². The van der Waals surface area contributed by atoms with Crippen LogP contribution in [0.4, 0.5) is 0 Å². The number of carbonyl (C=O) groups excluding carboxylic acids is 2. The molecule has 0 saturated carbocycles. The molecule has 9 heteroatoms. The lowest BCUT2D eigenvalue weighted by Gasteiger charge is -2.43. The summed E-state index contributed by atoms with van der Waals surface area (Å²) in [5.41, 5.74) is 3.16. The summed E-state index contributed by atoms with van der Waals surface area (Å²) in [6.07, 6.45) is 2.45. The van der Waals surface area contributed by atoms with E-state index in [2.05, 4.69) is 13.8 Å². The van der Waals surface area contributed by atoms with Gasteiger partial charge in [-0.05, 0) is 61.8 Å². The molecule has 3 N–H and O–H groups in total. The minimum atomic E-state index is -1.83. The van der Waals surface area contributed by atoms with Crippen LogP contribution >= 0.6 is 0 Å². The first-order valence-corrected chi connectivity index (χ1v) is 11.4. The average molecular weight is 491 g/mol. The van der Waals surface area contributed by atoms with Crippen LogP contribution in [-0.2, 0) is 19.1 Å². The Morgan fingerprint density at radius 3 is 2.31 bits per heavy atom. The van der Waals surface area contributed by atoms with E-state index < -0.39 is 48.7 Å². The Morgan fingerprint density at radius 1 is 1.06 bits per heavy atom. The average Bonchev–Trinajstić information content (AvgIpc) is 2.74. The number of aliphatic hydroxyl groups is 3. The van der Waals surface area contributed by atoms with E-state index in [1.54, 1.807) is 19.1 Å². The van der Waals surface area contributed by atoms with E-state index in [1.807, 2.05) is 32.1 Å². The summed E-state index contributed by atoms with van der Waals surface area (Å²) in [6.45, 7) is 9.63. The van der Waals surface area contributed by atoms with Crippen LogP contribution in [0.2, 0.25) is 0 Å². The van der Waals surface area contributed by atoms with Crippen molar-refractivity contribution in [3.63, 3.8) is 0 Å². The molecule has 0 radical (unpaired) electrons. The van der Waals surface area contributed by atoms with Crippen LogP contribution in [0.1, 0.15) is 47.5 Å². The summed E-state index contributed by atoms with van der Waals surface area (Å²) >= 11 is 0. The normalized spacial score (nSPS) is 32.5. The molecule has 1 heterocycles. The highest BCUT2D eigenvalue weighted by Gasteiger charge is 2.46. The molecule has 1 aliphatic heterocycles. The Morgan fingerprint density at radius 2 is 1.71 bits per heavy atom. The van der Waals surface area contributed by atoms with Gasteiger partial charge in [0.2, 0.25) is 0 Å². The van der Waals surface area contributed by atoms with Gasteiger partial charge in [0.25, 0.3) is 0 Å². The van der Waals surface area contributed by atoms with Gasteiger partial charge in [-0.15, -0.1) is 0 Å². The van der Waals surface area contributed by atoms with E-state index in [1.165, 1.54) is 0 Å². The van der Waals surface area contributed by atoms with Crippen molar-refractivity contribution in [3.8, 4) is 0 Å². The number of allylic oxidation sites excluding steroid dienone is 8. The quantitative estimate of drug-likeness (QED) is 0.310. The maximum Gasteiger partial charge on any atom is 0.187 e. The van der Waals surface area contributed by atoms with Gasteiger partial charge in [-0.3, -0.25) is 0 Å². The van der Waals surface area contributed by atoms with Crippen LogP contribution in [0.5, 0.6) is 0 Å². The molecule has 0 bridgehead atoms. The van der Waals surface area contributed by atoms with Gasteiger partial charge < -0.3 is 44.6 Å². The number of carbonyl (C=O) groups is 2. The smallest absolute Gasteiger partial charge is 0.187 e. The van der Waals surface area contributed by atoms with E-state index >= 15 is 0 Å². The van der Waals surface area contributed by atoms with Gasteiger partial charge in [-0.25, -0.2) is 0 Å². The van der Waals surface area contributed by atoms with Gasteiger partial charge in [0, 0.05) is 0 Å². The molecule has 0 amide bonds. The Kier molecular flexibility index (Phi) is 9.76. The number of carboxylic acids is 2. The largest absolute Gasteiger partial charge is 0.547 e. The first kappa shape index (κ1) is 28.7. The van der Waals surface area contributed by atoms with Gasteiger partial charge in [0.1, 0.15) is 24.4 Å². The molecule has 0 spiro atoms. The molecule has 2 rings (SSSR count). The van der Waals surface area contributed by atoms with E-state index in [0.717, 1.165) is 29.2 Å². The standard InChI is InChI=1S/C26H36O9/c1-14(7-6-8-15(2)13-19(27)28)9-10-17-16(3)18(11-12-26(17,4)5)34-25-22(31)20(29)21(30)23(35-25)24(32)33/h6-10,13,18,20-23,25,29-31H,11-12H2,1-5H3,(H,27,28)(H,32,33)/p-2/b8-6+,10-9+,14-7+,15-13+/t18?,20-,21-,22+,23-,25+/m0/s1. The summed E-state index contributed by atoms with van der Waals surface area (Å²) in [7, 11) is 0. The second kappa shape index (κ2) is 11.9. The van der Waals surface area contributed by atoms with Gasteiger partial charge >= 0.3 is 0 Å². The van der Waals surface area contributed by atoms with Gasteiger partial charge in [-0.1, -0.05) is 49.8 Å². The summed E-state index contributed by atoms with van der Waals surface area (Å²) in [4.78, 5) is 21.8. The first-order chi connectivity index (χ1) is 16.2. The molecular formula is C26H34O9-2. The number of hydrogen-bond acceptors (Lipinski definition) is 9. The predicted octanol–water partition coefficient (Wildman–Crippen LogP) is -0.179. The topological polar surface area (TPSA) is 159 Å². The van der Waals surface area contributed by atoms with Crippen LogP contribution in [-0.4, -0.2) is 64.1 Å². The third-order valence-corrected chi connectivity index (χ3v) is 6.35. The third-order valence-electron chi connectivity index (χ3n) is 6.35. The molecule has 35 heavy (non-hydrogen) atoms. The van der Waals surface area contributed by atoms with E-state index in [4.69, 9.17) is 9.47 Å². The number of aliphatic hydroxyl groups excluding tert-OH is 3. The number of aliphatic carboxylic acids is 2. The molecule has 0 aromatic carbocycles. The molecule has 6 atom stereocenters. The monoisotopic (exact) mass is 490 g/mol. The lowest BCUT2D eigenvalue weighted by Crippen LogP contribution is -2.63. The number of ether oxygens (including phenoxy) is 2. The summed E-state index contributed by atoms with van der Waals surface area (Å²) < 4.78 is 11.1. The Hall–Kier alpha value is -2.56. The van der Waals surface area contributed by atoms with Crippen LogP contribution in [0.3, 0.4) is 0 Å². The van der Waals surface area contributed by atoms with Crippen molar-refractivity contribution in [2.45, 2.75) is 84.3 Å². The number of hydrogen-bond donors (Lipinski definition) is 3. The van der Waals surface area contributed by atoms with Crippen molar-refractivity contribution < 1.29 is 44.6 Å². The highest BCUT2D eigenvalue weighted by Crippen LogP contribution is 2.42. The molecule has 0 aromatic rings. The lowest BCUT2D eigenvalue weighted by atomic mass is 9.71. The fourth-order valence-electron chi connectivity index (χ4n) is 4.25. The Balaban J connectivity index is 2.22. The Bertz CT molecular complexity index is 954. The van der Waals surface area contributed by atoms with Gasteiger partial charge in [-0.2, -0.15) is 0 Å². The highest BCUT2D eigenvalue weighted by atomic mass is 16.7. The second-order valence-electron chi connectivity index (χ2n) is 9.67. The zero-order valence-corrected chi connectivity index (χ0v) is 20.6. The lowest BCUT2D eigenvalue weighted by molar-refractivity contribution is -0.352. The maximum absolute atomic E-state index is 11.3. The fourth-order valence-corrected chi connectivity index (χ4v) is 4.25. The number of carboxylic acid groups (broad SMARTS) is 2. The van der Waals surface area contributed by atoms with Crippen LogP contribution < -0.4 is 10.2 Å². The van der Waals surface area contributed by atoms with Crippen molar-refractivity contribution in [3.05, 3.63) is 58.7 Å². The van der Waals surface area contributed by atoms with Crippen LogP contribution in [0, 0.1) is 5.41 Å². The van der Waals surface area contributed by atoms with Crippen LogP contribution in [0.15, 0.2) is 58.7 Å². The zero-order chi connectivity index (χ0) is 26.5. The van der Waals surface area contributed by atoms with E-state index in [9.17, 15) is 35.1 Å². The zero-order valence-electron chi connectivity index (χ0n) is 20.6. The fraction of sp³-hybridized carbons (Fsp3) is 0.538. The second-order valence-corrected chi connectivity index (χ2v) is 9.67. The first-order valence-electron chi connectivity index (χ1n) is 11.4.